The summed E-state index contributed by atoms with van der Waals surface area (Å²) in [7, 11) is -3.93. The fraction of sp³-hybridized carbons (Fsp3) is 0.263. The Morgan fingerprint density at radius 3 is 2.50 bits per heavy atom. The molecule has 1 aliphatic rings. The number of hydrogen-bond donors (Lipinski definition) is 0. The second-order valence-corrected chi connectivity index (χ2v) is 8.52. The zero-order valence-electron chi connectivity index (χ0n) is 13.9. The highest BCUT2D eigenvalue weighted by molar-refractivity contribution is 7.92. The third-order valence-electron chi connectivity index (χ3n) is 4.55. The first-order valence-corrected chi connectivity index (χ1v) is 9.95. The van der Waals surface area contributed by atoms with Gasteiger partial charge in [0.05, 0.1) is 17.6 Å². The molecule has 0 aromatic heterocycles. The second-order valence-electron chi connectivity index (χ2n) is 6.01. The Kier molecular flexibility index (Phi) is 4.78. The average Bonchev–Trinajstić information content (AvgIpc) is 3.34. The van der Waals surface area contributed by atoms with E-state index in [4.69, 9.17) is 16.3 Å². The largest absolute Gasteiger partial charge is 0.465 e. The molecule has 7 heteroatoms. The molecule has 1 aliphatic carbocycles. The van der Waals surface area contributed by atoms with Gasteiger partial charge in [0, 0.05) is 10.9 Å². The van der Waals surface area contributed by atoms with Gasteiger partial charge in [-0.2, -0.15) is 5.26 Å². The van der Waals surface area contributed by atoms with Crippen molar-refractivity contribution < 1.29 is 17.9 Å². The first-order valence-electron chi connectivity index (χ1n) is 8.02. The van der Waals surface area contributed by atoms with Gasteiger partial charge < -0.3 is 4.74 Å². The molecule has 134 valence electrons. The summed E-state index contributed by atoms with van der Waals surface area (Å²) < 4.78 is 31.4. The topological polar surface area (TPSA) is 84.2 Å². The molecule has 0 bridgehead atoms. The summed E-state index contributed by atoms with van der Waals surface area (Å²) >= 11 is 6.02. The van der Waals surface area contributed by atoms with Crippen molar-refractivity contribution in [2.75, 3.05) is 6.61 Å². The molecule has 0 heterocycles. The van der Waals surface area contributed by atoms with Gasteiger partial charge in [0.2, 0.25) is 0 Å². The lowest BCUT2D eigenvalue weighted by atomic mass is 10.0. The Morgan fingerprint density at radius 2 is 1.92 bits per heavy atom. The van der Waals surface area contributed by atoms with E-state index in [9.17, 15) is 18.5 Å². The maximum atomic E-state index is 13.2. The normalized spacial score (nSPS) is 24.5. The number of carbonyl (C=O) groups is 1. The molecule has 3 atom stereocenters. The molecule has 0 saturated heterocycles. The first kappa shape index (κ1) is 18.4. The number of carbonyl (C=O) groups excluding carboxylic acids is 1. The quantitative estimate of drug-likeness (QED) is 0.732. The number of benzene rings is 2. The number of rotatable bonds is 5. The van der Waals surface area contributed by atoms with E-state index in [2.05, 4.69) is 0 Å². The number of nitriles is 1. The Bertz CT molecular complexity index is 984. The number of nitrogens with zero attached hydrogens (tertiary/aromatic N) is 1. The van der Waals surface area contributed by atoms with Crippen molar-refractivity contribution >= 4 is 27.4 Å². The van der Waals surface area contributed by atoms with E-state index in [1.807, 2.05) is 6.07 Å². The summed E-state index contributed by atoms with van der Waals surface area (Å²) in [6, 6.07) is 16.3. The summed E-state index contributed by atoms with van der Waals surface area (Å²) in [6.45, 7) is 1.67. The number of sulfone groups is 1. The second kappa shape index (κ2) is 6.75. The van der Waals surface area contributed by atoms with Crippen LogP contribution in [0.4, 0.5) is 0 Å². The van der Waals surface area contributed by atoms with Crippen molar-refractivity contribution in [3.05, 3.63) is 65.2 Å². The van der Waals surface area contributed by atoms with Crippen LogP contribution in [0.15, 0.2) is 59.5 Å². The molecular formula is C19H16ClNO4S. The van der Waals surface area contributed by atoms with E-state index in [1.54, 1.807) is 49.4 Å². The summed E-state index contributed by atoms with van der Waals surface area (Å²) in [6.07, 6.45) is 0. The molecule has 5 nitrogen and oxygen atoms in total. The van der Waals surface area contributed by atoms with Crippen LogP contribution in [0.2, 0.25) is 5.02 Å². The summed E-state index contributed by atoms with van der Waals surface area (Å²) in [5.74, 6) is -1.66. The van der Waals surface area contributed by atoms with Gasteiger partial charge in [0.1, 0.15) is 5.25 Å². The fourth-order valence-electron chi connectivity index (χ4n) is 3.35. The Labute approximate surface area is 157 Å². The van der Waals surface area contributed by atoms with E-state index in [1.165, 1.54) is 12.1 Å². The maximum Gasteiger partial charge on any atom is 0.328 e. The van der Waals surface area contributed by atoms with Gasteiger partial charge in [-0.3, -0.25) is 4.79 Å². The minimum Gasteiger partial charge on any atom is -0.465 e. The van der Waals surface area contributed by atoms with Crippen molar-refractivity contribution in [3.63, 3.8) is 0 Å². The van der Waals surface area contributed by atoms with Gasteiger partial charge in [0.25, 0.3) is 0 Å². The Balaban J connectivity index is 2.15. The molecule has 0 N–H and O–H groups in total. The zero-order chi connectivity index (χ0) is 18.9. The van der Waals surface area contributed by atoms with Crippen LogP contribution >= 0.6 is 11.6 Å². The highest BCUT2D eigenvalue weighted by atomic mass is 35.5. The predicted octanol–water partition coefficient (Wildman–Crippen LogP) is 3.35. The zero-order valence-corrected chi connectivity index (χ0v) is 15.5. The molecule has 2 aromatic rings. The highest BCUT2D eigenvalue weighted by Gasteiger charge is 2.77. The van der Waals surface area contributed by atoms with E-state index in [0.717, 1.165) is 0 Å². The number of halogens is 1. The van der Waals surface area contributed by atoms with Crippen LogP contribution in [0.25, 0.3) is 0 Å². The molecular weight excluding hydrogens is 374 g/mol. The van der Waals surface area contributed by atoms with Crippen molar-refractivity contribution in [2.45, 2.75) is 23.0 Å². The van der Waals surface area contributed by atoms with Gasteiger partial charge in [-0.05, 0) is 36.8 Å². The number of esters is 1. The lowest BCUT2D eigenvalue weighted by Gasteiger charge is -2.09. The lowest BCUT2D eigenvalue weighted by molar-refractivity contribution is -0.147. The van der Waals surface area contributed by atoms with Gasteiger partial charge in [-0.15, -0.1) is 0 Å². The van der Waals surface area contributed by atoms with Crippen molar-refractivity contribution in [1.29, 1.82) is 5.26 Å². The van der Waals surface area contributed by atoms with Crippen molar-refractivity contribution in [3.8, 4) is 6.07 Å². The molecule has 3 rings (SSSR count). The third-order valence-corrected chi connectivity index (χ3v) is 7.02. The molecule has 1 saturated carbocycles. The van der Waals surface area contributed by atoms with Crippen LogP contribution in [0.3, 0.4) is 0 Å². The van der Waals surface area contributed by atoms with Gasteiger partial charge in [-0.25, -0.2) is 8.42 Å². The molecule has 1 fully saturated rings. The van der Waals surface area contributed by atoms with Gasteiger partial charge >= 0.3 is 5.97 Å². The summed E-state index contributed by atoms with van der Waals surface area (Å²) in [4.78, 5) is 12.6. The van der Waals surface area contributed by atoms with Gasteiger partial charge in [0.15, 0.2) is 15.3 Å². The minimum atomic E-state index is -3.93. The van der Waals surface area contributed by atoms with E-state index < -0.39 is 32.4 Å². The minimum absolute atomic E-state index is 0.0582. The van der Waals surface area contributed by atoms with E-state index >= 15 is 0 Å². The van der Waals surface area contributed by atoms with Crippen molar-refractivity contribution in [1.82, 2.24) is 0 Å². The molecule has 0 aliphatic heterocycles. The van der Waals surface area contributed by atoms with Crippen LogP contribution in [0.1, 0.15) is 18.4 Å². The lowest BCUT2D eigenvalue weighted by Crippen LogP contribution is -2.25. The number of hydrogen-bond acceptors (Lipinski definition) is 5. The number of ether oxygens (including phenoxy) is 1. The van der Waals surface area contributed by atoms with Crippen molar-refractivity contribution in [2.24, 2.45) is 5.41 Å². The molecule has 0 spiro atoms. The van der Waals surface area contributed by atoms with Crippen LogP contribution in [0, 0.1) is 16.7 Å². The van der Waals surface area contributed by atoms with Crippen LogP contribution < -0.4 is 0 Å². The molecule has 0 radical (unpaired) electrons. The van der Waals surface area contributed by atoms with E-state index in [0.29, 0.717) is 10.6 Å². The summed E-state index contributed by atoms with van der Waals surface area (Å²) in [5, 5.41) is 8.97. The van der Waals surface area contributed by atoms with Gasteiger partial charge in [-0.1, -0.05) is 41.9 Å². The first-order chi connectivity index (χ1) is 12.4. The predicted molar refractivity (Wildman–Crippen MR) is 96.3 cm³/mol. The summed E-state index contributed by atoms with van der Waals surface area (Å²) in [5.41, 5.74) is -1.26. The Hall–Kier alpha value is -2.36. The van der Waals surface area contributed by atoms with Crippen LogP contribution in [-0.2, 0) is 19.4 Å². The standard InChI is InChI=1S/C19H16ClNO4S/c1-2-25-18(22)19(12-21)16(13-7-6-8-14(20)11-13)17(19)26(23,24)15-9-4-3-5-10-15/h3-11,16-17H,2H2,1H3/t16-,17-,19-/m0/s1. The molecule has 0 amide bonds. The molecule has 2 aromatic carbocycles. The van der Waals surface area contributed by atoms with Crippen LogP contribution in [-0.4, -0.2) is 26.2 Å². The van der Waals surface area contributed by atoms with Crippen LogP contribution in [0.5, 0.6) is 0 Å². The Morgan fingerprint density at radius 1 is 1.23 bits per heavy atom. The van der Waals surface area contributed by atoms with E-state index in [-0.39, 0.29) is 11.5 Å². The molecule has 0 unspecified atom stereocenters. The monoisotopic (exact) mass is 389 g/mol. The third kappa shape index (κ3) is 2.77. The fourth-order valence-corrected chi connectivity index (χ4v) is 5.81. The SMILES string of the molecule is CCOC(=O)[C@@]1(C#N)[C@@H](c2cccc(Cl)c2)[C@@H]1S(=O)(=O)c1ccccc1. The molecule has 26 heavy (non-hydrogen) atoms. The average molecular weight is 390 g/mol. The maximum absolute atomic E-state index is 13.2. The highest BCUT2D eigenvalue weighted by Crippen LogP contribution is 2.64. The smallest absolute Gasteiger partial charge is 0.328 e.